The second-order valence-electron chi connectivity index (χ2n) is 4.16. The molecule has 2 N–H and O–H groups in total. The summed E-state index contributed by atoms with van der Waals surface area (Å²) in [6.07, 6.45) is 2.69. The summed E-state index contributed by atoms with van der Waals surface area (Å²) in [4.78, 5) is 2.53. The van der Waals surface area contributed by atoms with Crippen LogP contribution in [0.4, 0.5) is 0 Å². The predicted molar refractivity (Wildman–Crippen MR) is 53.1 cm³/mol. The minimum Gasteiger partial charge on any atom is -0.327 e. The van der Waals surface area contributed by atoms with Gasteiger partial charge in [0, 0.05) is 18.6 Å². The zero-order chi connectivity index (χ0) is 9.14. The zero-order valence-electron chi connectivity index (χ0n) is 8.59. The Morgan fingerprint density at radius 2 is 2.17 bits per heavy atom. The topological polar surface area (TPSA) is 29.3 Å². The van der Waals surface area contributed by atoms with Crippen LogP contribution in [0.2, 0.25) is 0 Å². The van der Waals surface area contributed by atoms with Crippen LogP contribution in [0.3, 0.4) is 0 Å². The Morgan fingerprint density at radius 3 is 2.58 bits per heavy atom. The van der Waals surface area contributed by atoms with E-state index < -0.39 is 0 Å². The molecule has 0 aliphatic carbocycles. The van der Waals surface area contributed by atoms with E-state index in [-0.39, 0.29) is 0 Å². The number of nitrogens with two attached hydrogens (primary N) is 1. The molecule has 0 radical (unpaired) electrons. The van der Waals surface area contributed by atoms with E-state index in [2.05, 4.69) is 25.7 Å². The molecular weight excluding hydrogens is 148 g/mol. The maximum absolute atomic E-state index is 5.86. The lowest BCUT2D eigenvalue weighted by atomic mass is 10.1. The van der Waals surface area contributed by atoms with Crippen LogP contribution < -0.4 is 5.73 Å². The highest BCUT2D eigenvalue weighted by Gasteiger charge is 2.26. The van der Waals surface area contributed by atoms with Crippen molar-refractivity contribution >= 4 is 0 Å². The predicted octanol–water partition coefficient (Wildman–Crippen LogP) is 1.45. The van der Waals surface area contributed by atoms with E-state index in [0.29, 0.717) is 12.1 Å². The number of rotatable bonds is 3. The van der Waals surface area contributed by atoms with E-state index in [0.717, 1.165) is 5.92 Å². The first-order chi connectivity index (χ1) is 5.65. The standard InChI is InChI=1S/C10H22N2/c1-4-10-5-6-12(7-10)9(3)8(2)11/h8-10H,4-7,11H2,1-3H3. The molecule has 1 rings (SSSR count). The van der Waals surface area contributed by atoms with Crippen molar-refractivity contribution in [3.63, 3.8) is 0 Å². The first-order valence-corrected chi connectivity index (χ1v) is 5.14. The minimum atomic E-state index is 0.306. The fraction of sp³-hybridized carbons (Fsp3) is 1.00. The highest BCUT2D eigenvalue weighted by atomic mass is 15.2. The van der Waals surface area contributed by atoms with Gasteiger partial charge in [-0.2, -0.15) is 0 Å². The number of hydrogen-bond donors (Lipinski definition) is 1. The van der Waals surface area contributed by atoms with Gasteiger partial charge >= 0.3 is 0 Å². The smallest absolute Gasteiger partial charge is 0.0216 e. The maximum Gasteiger partial charge on any atom is 0.0216 e. The molecule has 0 aromatic rings. The van der Waals surface area contributed by atoms with Crippen molar-refractivity contribution < 1.29 is 0 Å². The molecule has 3 unspecified atom stereocenters. The van der Waals surface area contributed by atoms with Gasteiger partial charge in [0.25, 0.3) is 0 Å². The third-order valence-electron chi connectivity index (χ3n) is 3.23. The van der Waals surface area contributed by atoms with Gasteiger partial charge in [-0.25, -0.2) is 0 Å². The quantitative estimate of drug-likeness (QED) is 0.694. The maximum atomic E-state index is 5.86. The van der Waals surface area contributed by atoms with Gasteiger partial charge in [-0.3, -0.25) is 4.90 Å². The lowest BCUT2D eigenvalue weighted by molar-refractivity contribution is 0.224. The van der Waals surface area contributed by atoms with E-state index in [1.807, 2.05) is 0 Å². The molecule has 1 saturated heterocycles. The van der Waals surface area contributed by atoms with E-state index in [1.165, 1.54) is 25.9 Å². The van der Waals surface area contributed by atoms with Crippen LogP contribution in [-0.4, -0.2) is 30.1 Å². The Morgan fingerprint density at radius 1 is 1.50 bits per heavy atom. The van der Waals surface area contributed by atoms with Crippen molar-refractivity contribution in [1.29, 1.82) is 0 Å². The van der Waals surface area contributed by atoms with Crippen LogP contribution in [0.15, 0.2) is 0 Å². The molecular formula is C10H22N2. The molecule has 2 heteroatoms. The molecule has 12 heavy (non-hydrogen) atoms. The lowest BCUT2D eigenvalue weighted by Gasteiger charge is -2.27. The normalized spacial score (nSPS) is 30.5. The van der Waals surface area contributed by atoms with Crippen LogP contribution in [0.1, 0.15) is 33.6 Å². The molecule has 0 spiro atoms. The molecule has 0 saturated carbocycles. The second-order valence-corrected chi connectivity index (χ2v) is 4.16. The summed E-state index contributed by atoms with van der Waals surface area (Å²) in [5.74, 6) is 0.922. The van der Waals surface area contributed by atoms with Crippen LogP contribution in [0.25, 0.3) is 0 Å². The van der Waals surface area contributed by atoms with Crippen LogP contribution in [0, 0.1) is 5.92 Å². The minimum absolute atomic E-state index is 0.306. The fourth-order valence-corrected chi connectivity index (χ4v) is 1.90. The first-order valence-electron chi connectivity index (χ1n) is 5.14. The molecule has 0 aromatic heterocycles. The molecule has 2 nitrogen and oxygen atoms in total. The average Bonchev–Trinajstić information content (AvgIpc) is 2.50. The van der Waals surface area contributed by atoms with Crippen molar-refractivity contribution in [1.82, 2.24) is 4.90 Å². The summed E-state index contributed by atoms with van der Waals surface area (Å²) in [5, 5.41) is 0. The van der Waals surface area contributed by atoms with Gasteiger partial charge in [-0.05, 0) is 32.7 Å². The van der Waals surface area contributed by atoms with E-state index in [9.17, 15) is 0 Å². The summed E-state index contributed by atoms with van der Waals surface area (Å²) in [7, 11) is 0. The first kappa shape index (κ1) is 10.0. The van der Waals surface area contributed by atoms with E-state index in [1.54, 1.807) is 0 Å². The van der Waals surface area contributed by atoms with Crippen LogP contribution in [-0.2, 0) is 0 Å². The summed E-state index contributed by atoms with van der Waals surface area (Å²) < 4.78 is 0. The third kappa shape index (κ3) is 2.20. The van der Waals surface area contributed by atoms with Gasteiger partial charge in [-0.1, -0.05) is 13.3 Å². The Hall–Kier alpha value is -0.0800. The van der Waals surface area contributed by atoms with Crippen molar-refractivity contribution in [2.45, 2.75) is 45.7 Å². The van der Waals surface area contributed by atoms with Gasteiger partial charge in [-0.15, -0.1) is 0 Å². The number of hydrogen-bond acceptors (Lipinski definition) is 2. The molecule has 1 fully saturated rings. The summed E-state index contributed by atoms with van der Waals surface area (Å²) in [5.41, 5.74) is 5.86. The molecule has 0 bridgehead atoms. The van der Waals surface area contributed by atoms with Crippen molar-refractivity contribution in [3.05, 3.63) is 0 Å². The molecule has 1 aliphatic rings. The SMILES string of the molecule is CCC1CCN(C(C)C(C)N)C1. The molecule has 0 aromatic carbocycles. The fourth-order valence-electron chi connectivity index (χ4n) is 1.90. The van der Waals surface area contributed by atoms with Gasteiger partial charge in [0.15, 0.2) is 0 Å². The van der Waals surface area contributed by atoms with E-state index >= 15 is 0 Å². The Bertz CT molecular complexity index is 134. The van der Waals surface area contributed by atoms with E-state index in [4.69, 9.17) is 5.73 Å². The largest absolute Gasteiger partial charge is 0.327 e. The highest BCUT2D eigenvalue weighted by Crippen LogP contribution is 2.21. The Labute approximate surface area is 76.1 Å². The van der Waals surface area contributed by atoms with Gasteiger partial charge in [0.1, 0.15) is 0 Å². The Balaban J connectivity index is 2.35. The summed E-state index contributed by atoms with van der Waals surface area (Å²) in [6, 6.07) is 0.863. The molecule has 72 valence electrons. The number of nitrogens with zero attached hydrogens (tertiary/aromatic N) is 1. The van der Waals surface area contributed by atoms with Crippen molar-refractivity contribution in [2.24, 2.45) is 11.7 Å². The van der Waals surface area contributed by atoms with Gasteiger partial charge in [0.2, 0.25) is 0 Å². The zero-order valence-corrected chi connectivity index (χ0v) is 8.59. The monoisotopic (exact) mass is 170 g/mol. The van der Waals surface area contributed by atoms with Gasteiger partial charge in [0.05, 0.1) is 0 Å². The molecule has 1 heterocycles. The second kappa shape index (κ2) is 4.24. The average molecular weight is 170 g/mol. The molecule has 3 atom stereocenters. The Kier molecular flexibility index (Phi) is 3.53. The summed E-state index contributed by atoms with van der Waals surface area (Å²) >= 11 is 0. The van der Waals surface area contributed by atoms with Crippen LogP contribution >= 0.6 is 0 Å². The highest BCUT2D eigenvalue weighted by molar-refractivity contribution is 4.82. The lowest BCUT2D eigenvalue weighted by Crippen LogP contribution is -2.43. The van der Waals surface area contributed by atoms with Crippen molar-refractivity contribution in [2.75, 3.05) is 13.1 Å². The number of likely N-dealkylation sites (tertiary alicyclic amines) is 1. The third-order valence-corrected chi connectivity index (χ3v) is 3.23. The van der Waals surface area contributed by atoms with Gasteiger partial charge < -0.3 is 5.73 Å². The van der Waals surface area contributed by atoms with Crippen LogP contribution in [0.5, 0.6) is 0 Å². The van der Waals surface area contributed by atoms with Crippen molar-refractivity contribution in [3.8, 4) is 0 Å². The molecule has 1 aliphatic heterocycles. The molecule has 0 amide bonds. The summed E-state index contributed by atoms with van der Waals surface area (Å²) in [6.45, 7) is 9.14.